The van der Waals surface area contributed by atoms with E-state index in [1.807, 2.05) is 7.05 Å². The number of nitrogens with one attached hydrogen (secondary N) is 1. The maximum atomic E-state index is 9.41. The summed E-state index contributed by atoms with van der Waals surface area (Å²) in [5, 5.41) is 12.6. The number of rotatable bonds is 4. The molecule has 2 aliphatic rings. The summed E-state index contributed by atoms with van der Waals surface area (Å²) in [7, 11) is 1.92. The molecule has 0 aromatic carbocycles. The van der Waals surface area contributed by atoms with E-state index in [4.69, 9.17) is 4.98 Å². The molecule has 1 unspecified atom stereocenters. The molecule has 1 saturated heterocycles. The molecule has 20 heavy (non-hydrogen) atoms. The first-order valence-electron chi connectivity index (χ1n) is 7.65. The third-order valence-corrected chi connectivity index (χ3v) is 4.39. The molecular weight excluding hydrogens is 252 g/mol. The summed E-state index contributed by atoms with van der Waals surface area (Å²) >= 11 is 0. The molecule has 1 saturated carbocycles. The number of piperidine rings is 1. The van der Waals surface area contributed by atoms with Crippen LogP contribution in [0.5, 0.6) is 0 Å². The van der Waals surface area contributed by atoms with Crippen LogP contribution in [-0.2, 0) is 0 Å². The maximum absolute atomic E-state index is 9.41. The van der Waals surface area contributed by atoms with Crippen molar-refractivity contribution in [2.75, 3.05) is 37.0 Å². The number of hydrogen-bond donors (Lipinski definition) is 2. The van der Waals surface area contributed by atoms with Crippen LogP contribution in [-0.4, -0.2) is 41.8 Å². The molecule has 1 aliphatic heterocycles. The van der Waals surface area contributed by atoms with E-state index in [0.717, 1.165) is 49.0 Å². The predicted octanol–water partition coefficient (Wildman–Crippen LogP) is 1.91. The van der Waals surface area contributed by atoms with E-state index < -0.39 is 0 Å². The Balaban J connectivity index is 1.92. The van der Waals surface area contributed by atoms with Crippen LogP contribution in [0.25, 0.3) is 0 Å². The van der Waals surface area contributed by atoms with Gasteiger partial charge in [0.2, 0.25) is 0 Å². The fourth-order valence-corrected chi connectivity index (χ4v) is 3.00. The van der Waals surface area contributed by atoms with E-state index in [1.54, 1.807) is 0 Å². The van der Waals surface area contributed by atoms with Crippen LogP contribution in [0, 0.1) is 12.8 Å². The zero-order valence-electron chi connectivity index (χ0n) is 12.4. The Hall–Kier alpha value is -1.36. The Bertz CT molecular complexity index is 487. The maximum Gasteiger partial charge on any atom is 0.137 e. The highest BCUT2D eigenvalue weighted by Gasteiger charge is 2.30. The van der Waals surface area contributed by atoms with Crippen LogP contribution in [0.2, 0.25) is 0 Å². The first-order chi connectivity index (χ1) is 9.72. The van der Waals surface area contributed by atoms with E-state index in [9.17, 15) is 5.11 Å². The first-order valence-corrected chi connectivity index (χ1v) is 7.65. The molecule has 1 aromatic heterocycles. The van der Waals surface area contributed by atoms with Crippen molar-refractivity contribution in [1.29, 1.82) is 0 Å². The Morgan fingerprint density at radius 1 is 1.30 bits per heavy atom. The molecule has 1 atom stereocenters. The highest BCUT2D eigenvalue weighted by Crippen LogP contribution is 2.40. The summed E-state index contributed by atoms with van der Waals surface area (Å²) in [4.78, 5) is 11.8. The van der Waals surface area contributed by atoms with E-state index >= 15 is 0 Å². The minimum atomic E-state index is 0.273. The molecule has 0 amide bonds. The summed E-state index contributed by atoms with van der Waals surface area (Å²) in [5.41, 5.74) is 1.12. The highest BCUT2D eigenvalue weighted by molar-refractivity contribution is 5.59. The van der Waals surface area contributed by atoms with E-state index in [-0.39, 0.29) is 6.61 Å². The van der Waals surface area contributed by atoms with Crippen LogP contribution in [0.1, 0.15) is 43.0 Å². The molecule has 5 nitrogen and oxygen atoms in total. The fraction of sp³-hybridized carbons (Fsp3) is 0.733. The zero-order valence-corrected chi connectivity index (χ0v) is 12.4. The van der Waals surface area contributed by atoms with Gasteiger partial charge in [0.25, 0.3) is 0 Å². The van der Waals surface area contributed by atoms with Gasteiger partial charge in [-0.15, -0.1) is 0 Å². The standard InChI is InChI=1S/C15H24N4O/c1-10-13(16-2)17-14(12-5-6-12)18-15(10)19-7-3-4-11(8-19)9-20/h11-12,20H,3-9H2,1-2H3,(H,16,17,18). The topological polar surface area (TPSA) is 61.3 Å². The molecule has 5 heteroatoms. The lowest BCUT2D eigenvalue weighted by Gasteiger charge is -2.34. The molecule has 2 heterocycles. The van der Waals surface area contributed by atoms with Crippen molar-refractivity contribution in [2.24, 2.45) is 5.92 Å². The van der Waals surface area contributed by atoms with Gasteiger partial charge < -0.3 is 15.3 Å². The van der Waals surface area contributed by atoms with Crippen molar-refractivity contribution in [1.82, 2.24) is 9.97 Å². The van der Waals surface area contributed by atoms with Gasteiger partial charge in [0.05, 0.1) is 0 Å². The Labute approximate surface area is 120 Å². The third-order valence-electron chi connectivity index (χ3n) is 4.39. The summed E-state index contributed by atoms with van der Waals surface area (Å²) < 4.78 is 0. The van der Waals surface area contributed by atoms with Crippen molar-refractivity contribution in [3.8, 4) is 0 Å². The van der Waals surface area contributed by atoms with E-state index in [2.05, 4.69) is 22.1 Å². The molecular formula is C15H24N4O. The van der Waals surface area contributed by atoms with Gasteiger partial charge >= 0.3 is 0 Å². The molecule has 2 N–H and O–H groups in total. The fourth-order valence-electron chi connectivity index (χ4n) is 3.00. The number of aliphatic hydroxyl groups excluding tert-OH is 1. The average molecular weight is 276 g/mol. The third kappa shape index (κ3) is 2.59. The quantitative estimate of drug-likeness (QED) is 0.879. The van der Waals surface area contributed by atoms with Gasteiger partial charge in [-0.25, -0.2) is 9.97 Å². The van der Waals surface area contributed by atoms with Gasteiger partial charge in [0, 0.05) is 38.2 Å². The molecule has 3 rings (SSSR count). The van der Waals surface area contributed by atoms with Crippen molar-refractivity contribution in [3.05, 3.63) is 11.4 Å². The second-order valence-corrected chi connectivity index (χ2v) is 6.04. The highest BCUT2D eigenvalue weighted by atomic mass is 16.3. The van der Waals surface area contributed by atoms with Gasteiger partial charge in [0.15, 0.2) is 0 Å². The van der Waals surface area contributed by atoms with E-state index in [1.165, 1.54) is 12.8 Å². The molecule has 110 valence electrons. The van der Waals surface area contributed by atoms with Crippen molar-refractivity contribution in [3.63, 3.8) is 0 Å². The Kier molecular flexibility index (Phi) is 3.78. The number of aromatic nitrogens is 2. The summed E-state index contributed by atoms with van der Waals surface area (Å²) in [6.07, 6.45) is 4.67. The number of nitrogens with zero attached hydrogens (tertiary/aromatic N) is 3. The van der Waals surface area contributed by atoms with Crippen LogP contribution in [0.15, 0.2) is 0 Å². The number of hydrogen-bond acceptors (Lipinski definition) is 5. The minimum absolute atomic E-state index is 0.273. The van der Waals surface area contributed by atoms with Crippen LogP contribution in [0.4, 0.5) is 11.6 Å². The molecule has 1 aromatic rings. The number of aliphatic hydroxyl groups is 1. The Morgan fingerprint density at radius 2 is 2.10 bits per heavy atom. The number of anilines is 2. The van der Waals surface area contributed by atoms with Gasteiger partial charge in [-0.1, -0.05) is 0 Å². The summed E-state index contributed by atoms with van der Waals surface area (Å²) in [6, 6.07) is 0. The monoisotopic (exact) mass is 276 g/mol. The Morgan fingerprint density at radius 3 is 2.75 bits per heavy atom. The van der Waals surface area contributed by atoms with Crippen molar-refractivity contribution < 1.29 is 5.11 Å². The van der Waals surface area contributed by atoms with Gasteiger partial charge in [-0.05, 0) is 38.5 Å². The lowest BCUT2D eigenvalue weighted by molar-refractivity contribution is 0.208. The predicted molar refractivity (Wildman–Crippen MR) is 80.3 cm³/mol. The van der Waals surface area contributed by atoms with Gasteiger partial charge in [-0.2, -0.15) is 0 Å². The van der Waals surface area contributed by atoms with Crippen LogP contribution >= 0.6 is 0 Å². The van der Waals surface area contributed by atoms with Crippen molar-refractivity contribution in [2.45, 2.75) is 38.5 Å². The normalized spacial score (nSPS) is 22.9. The zero-order chi connectivity index (χ0) is 14.1. The summed E-state index contributed by atoms with van der Waals surface area (Å²) in [6.45, 7) is 4.29. The molecule has 0 radical (unpaired) electrons. The lowest BCUT2D eigenvalue weighted by atomic mass is 9.99. The second-order valence-electron chi connectivity index (χ2n) is 6.04. The molecule has 1 aliphatic carbocycles. The summed E-state index contributed by atoms with van der Waals surface area (Å²) in [5.74, 6) is 3.92. The first kappa shape index (κ1) is 13.6. The van der Waals surface area contributed by atoms with Gasteiger partial charge in [0.1, 0.15) is 17.5 Å². The largest absolute Gasteiger partial charge is 0.396 e. The van der Waals surface area contributed by atoms with Crippen molar-refractivity contribution >= 4 is 11.6 Å². The van der Waals surface area contributed by atoms with E-state index in [0.29, 0.717) is 11.8 Å². The lowest BCUT2D eigenvalue weighted by Crippen LogP contribution is -2.38. The van der Waals surface area contributed by atoms with Crippen LogP contribution < -0.4 is 10.2 Å². The van der Waals surface area contributed by atoms with Crippen LogP contribution in [0.3, 0.4) is 0 Å². The van der Waals surface area contributed by atoms with Gasteiger partial charge in [-0.3, -0.25) is 0 Å². The minimum Gasteiger partial charge on any atom is -0.396 e. The SMILES string of the molecule is CNc1nc(C2CC2)nc(N2CCCC(CO)C2)c1C. The molecule has 2 fully saturated rings. The molecule has 0 spiro atoms. The second kappa shape index (κ2) is 5.56. The molecule has 0 bridgehead atoms. The smallest absolute Gasteiger partial charge is 0.137 e. The average Bonchev–Trinajstić information content (AvgIpc) is 3.32.